The average Bonchev–Trinajstić information content (AvgIpc) is 2.79. The van der Waals surface area contributed by atoms with Gasteiger partial charge in [-0.3, -0.25) is 0 Å². The number of hydrogen-bond donors (Lipinski definition) is 2. The molecule has 3 N–H and O–H groups in total. The van der Waals surface area contributed by atoms with E-state index in [9.17, 15) is 13.6 Å². The maximum absolute atomic E-state index is 12.6. The number of aromatic nitrogens is 4. The first-order valence-corrected chi connectivity index (χ1v) is 11.3. The lowest BCUT2D eigenvalue weighted by atomic mass is 9.89. The van der Waals surface area contributed by atoms with Crippen LogP contribution in [-0.2, 0) is 4.74 Å². The quantitative estimate of drug-likeness (QED) is 0.560. The Morgan fingerprint density at radius 2 is 1.38 bits per heavy atom. The number of carbonyl (C=O) groups is 1. The van der Waals surface area contributed by atoms with Crippen molar-refractivity contribution < 1.29 is 23.0 Å². The highest BCUT2D eigenvalue weighted by Crippen LogP contribution is 2.24. The predicted octanol–water partition coefficient (Wildman–Crippen LogP) is 4.95. The standard InChI is InChI=1S/C13H18FN3O3.C4H2ClFN2.2C2H6.CH5N/c1-13(2,3)20-12(18)17-9-4-10(5-9)19-11-15-6-8(14)7-16-11;5-4-7-1-3(6)2-8-4;3*1-2/h6-7,9-10H,4-5H2,1-3H3,(H,17,18);1-2H;2*1-2H3;2H2,1H3. The van der Waals surface area contributed by atoms with Crippen molar-refractivity contribution in [2.75, 3.05) is 7.05 Å². The first-order valence-electron chi connectivity index (χ1n) is 11.0. The SMILES string of the molecule is CC.CC.CC(C)(C)OC(=O)NC1CC(Oc2ncc(F)cn2)C1.CN.Fc1cnc(Cl)nc1. The van der Waals surface area contributed by atoms with Crippen molar-refractivity contribution >= 4 is 17.7 Å². The number of ether oxygens (including phenoxy) is 2. The molecule has 0 aliphatic heterocycles. The van der Waals surface area contributed by atoms with E-state index in [0.717, 1.165) is 24.8 Å². The lowest BCUT2D eigenvalue weighted by Crippen LogP contribution is -2.50. The molecule has 0 bridgehead atoms. The molecular weight excluding hydrogens is 470 g/mol. The Morgan fingerprint density at radius 3 is 1.76 bits per heavy atom. The summed E-state index contributed by atoms with van der Waals surface area (Å²) in [6.07, 6.45) is 4.93. The monoisotopic (exact) mass is 506 g/mol. The van der Waals surface area contributed by atoms with Crippen LogP contribution in [0.3, 0.4) is 0 Å². The maximum Gasteiger partial charge on any atom is 0.407 e. The number of nitrogens with zero attached hydrogens (tertiary/aromatic N) is 4. The van der Waals surface area contributed by atoms with Crippen LogP contribution in [0.15, 0.2) is 24.8 Å². The summed E-state index contributed by atoms with van der Waals surface area (Å²) in [5.41, 5.74) is 3.99. The van der Waals surface area contributed by atoms with Crippen molar-refractivity contribution in [3.05, 3.63) is 41.7 Å². The highest BCUT2D eigenvalue weighted by molar-refractivity contribution is 6.28. The average molecular weight is 507 g/mol. The minimum absolute atomic E-state index is 0.0234. The van der Waals surface area contributed by atoms with Gasteiger partial charge in [0.1, 0.15) is 11.7 Å². The Bertz CT molecular complexity index is 751. The molecule has 0 spiro atoms. The fraction of sp³-hybridized carbons (Fsp3) is 0.591. The Hall–Kier alpha value is -2.66. The van der Waals surface area contributed by atoms with Crippen molar-refractivity contribution in [1.29, 1.82) is 0 Å². The Balaban J connectivity index is 0. The number of carbonyl (C=O) groups excluding carboxylic acids is 1. The molecule has 1 amide bonds. The second-order valence-corrected chi connectivity index (χ2v) is 7.25. The van der Waals surface area contributed by atoms with Gasteiger partial charge in [0, 0.05) is 18.9 Å². The topological polar surface area (TPSA) is 125 Å². The van der Waals surface area contributed by atoms with Gasteiger partial charge in [0.05, 0.1) is 24.8 Å². The molecule has 0 radical (unpaired) electrons. The van der Waals surface area contributed by atoms with Crippen LogP contribution in [0.1, 0.15) is 61.3 Å². The zero-order chi connectivity index (χ0) is 26.7. The molecule has 0 aromatic carbocycles. The van der Waals surface area contributed by atoms with Crippen LogP contribution in [-0.4, -0.2) is 50.8 Å². The number of amides is 1. The predicted molar refractivity (Wildman–Crippen MR) is 129 cm³/mol. The molecule has 1 saturated carbocycles. The van der Waals surface area contributed by atoms with Gasteiger partial charge < -0.3 is 20.5 Å². The minimum atomic E-state index is -0.508. The fourth-order valence-corrected chi connectivity index (χ4v) is 2.16. The van der Waals surface area contributed by atoms with Gasteiger partial charge in [-0.15, -0.1) is 0 Å². The van der Waals surface area contributed by atoms with E-state index in [1.807, 2.05) is 48.5 Å². The van der Waals surface area contributed by atoms with Crippen molar-refractivity contribution in [2.45, 2.75) is 79.1 Å². The lowest BCUT2D eigenvalue weighted by molar-refractivity contribution is 0.0344. The Morgan fingerprint density at radius 1 is 0.971 bits per heavy atom. The van der Waals surface area contributed by atoms with Crippen molar-refractivity contribution in [1.82, 2.24) is 25.3 Å². The summed E-state index contributed by atoms with van der Waals surface area (Å²) in [6.45, 7) is 13.4. The highest BCUT2D eigenvalue weighted by atomic mass is 35.5. The van der Waals surface area contributed by atoms with Gasteiger partial charge in [-0.1, -0.05) is 27.7 Å². The van der Waals surface area contributed by atoms with Crippen LogP contribution >= 0.6 is 11.6 Å². The molecule has 2 aromatic rings. The van der Waals surface area contributed by atoms with Crippen LogP contribution in [0.25, 0.3) is 0 Å². The van der Waals surface area contributed by atoms with Gasteiger partial charge >= 0.3 is 12.1 Å². The summed E-state index contributed by atoms with van der Waals surface area (Å²) >= 11 is 5.22. The fourth-order valence-electron chi connectivity index (χ4n) is 2.06. The van der Waals surface area contributed by atoms with Gasteiger partial charge in [-0.25, -0.2) is 33.5 Å². The Labute approximate surface area is 205 Å². The zero-order valence-corrected chi connectivity index (χ0v) is 21.9. The van der Waals surface area contributed by atoms with E-state index in [4.69, 9.17) is 21.1 Å². The van der Waals surface area contributed by atoms with Gasteiger partial charge in [-0.05, 0) is 39.4 Å². The van der Waals surface area contributed by atoms with Crippen molar-refractivity contribution in [2.24, 2.45) is 5.73 Å². The van der Waals surface area contributed by atoms with Crippen LogP contribution < -0.4 is 15.8 Å². The molecule has 0 unspecified atom stereocenters. The molecule has 34 heavy (non-hydrogen) atoms. The third-order valence-electron chi connectivity index (χ3n) is 3.27. The highest BCUT2D eigenvalue weighted by Gasteiger charge is 2.33. The molecule has 0 atom stereocenters. The Kier molecular flexibility index (Phi) is 18.5. The van der Waals surface area contributed by atoms with E-state index in [2.05, 4.69) is 31.0 Å². The second kappa shape index (κ2) is 18.7. The summed E-state index contributed by atoms with van der Waals surface area (Å²) in [5, 5.41) is 2.82. The molecule has 2 heterocycles. The van der Waals surface area contributed by atoms with Crippen LogP contribution in [0.5, 0.6) is 6.01 Å². The number of nitrogens with one attached hydrogen (secondary N) is 1. The third kappa shape index (κ3) is 16.0. The minimum Gasteiger partial charge on any atom is -0.460 e. The van der Waals surface area contributed by atoms with E-state index < -0.39 is 23.3 Å². The number of alkyl carbamates (subject to hydrolysis) is 1. The number of halogens is 3. The van der Waals surface area contributed by atoms with Gasteiger partial charge in [0.25, 0.3) is 0 Å². The second-order valence-electron chi connectivity index (χ2n) is 6.91. The van der Waals surface area contributed by atoms with Crippen molar-refractivity contribution in [3.63, 3.8) is 0 Å². The molecule has 1 fully saturated rings. The van der Waals surface area contributed by atoms with Crippen LogP contribution in [0.4, 0.5) is 13.6 Å². The van der Waals surface area contributed by atoms with E-state index in [1.165, 1.54) is 7.05 Å². The number of hydrogen-bond acceptors (Lipinski definition) is 8. The molecule has 9 nitrogen and oxygen atoms in total. The molecule has 194 valence electrons. The summed E-state index contributed by atoms with van der Waals surface area (Å²) in [7, 11) is 1.50. The molecular formula is C22H37ClF2N6O3. The zero-order valence-electron chi connectivity index (χ0n) is 21.1. The summed E-state index contributed by atoms with van der Waals surface area (Å²) in [6, 6.07) is 0.169. The lowest BCUT2D eigenvalue weighted by Gasteiger charge is -2.35. The van der Waals surface area contributed by atoms with Gasteiger partial charge in [-0.2, -0.15) is 0 Å². The summed E-state index contributed by atoms with van der Waals surface area (Å²) in [4.78, 5) is 25.7. The molecule has 1 aliphatic carbocycles. The maximum atomic E-state index is 12.6. The van der Waals surface area contributed by atoms with Gasteiger partial charge in [0.15, 0.2) is 11.6 Å². The molecule has 0 saturated heterocycles. The smallest absolute Gasteiger partial charge is 0.407 e. The van der Waals surface area contributed by atoms with E-state index >= 15 is 0 Å². The van der Waals surface area contributed by atoms with Crippen LogP contribution in [0.2, 0.25) is 5.28 Å². The van der Waals surface area contributed by atoms with Crippen molar-refractivity contribution in [3.8, 4) is 6.01 Å². The largest absolute Gasteiger partial charge is 0.460 e. The van der Waals surface area contributed by atoms with E-state index in [0.29, 0.717) is 12.8 Å². The van der Waals surface area contributed by atoms with Crippen LogP contribution in [0, 0.1) is 11.6 Å². The first-order chi connectivity index (χ1) is 16.1. The first kappa shape index (κ1) is 33.5. The number of rotatable bonds is 3. The van der Waals surface area contributed by atoms with Gasteiger partial charge in [0.2, 0.25) is 5.28 Å². The number of nitrogens with two attached hydrogens (primary N) is 1. The molecule has 2 aromatic heterocycles. The third-order valence-corrected chi connectivity index (χ3v) is 3.47. The van der Waals surface area contributed by atoms with E-state index in [-0.39, 0.29) is 23.4 Å². The normalized spacial score (nSPS) is 15.5. The van der Waals surface area contributed by atoms with E-state index in [1.54, 1.807) is 0 Å². The molecule has 12 heteroatoms. The summed E-state index contributed by atoms with van der Waals surface area (Å²) in [5.74, 6) is -0.982. The molecule has 3 rings (SSSR count). The molecule has 1 aliphatic rings. The summed E-state index contributed by atoms with van der Waals surface area (Å²) < 4.78 is 35.1.